The van der Waals surface area contributed by atoms with Crippen LogP contribution in [0.4, 0.5) is 0 Å². The van der Waals surface area contributed by atoms with Crippen molar-refractivity contribution in [3.05, 3.63) is 51.8 Å². The maximum absolute atomic E-state index is 13.2. The predicted molar refractivity (Wildman–Crippen MR) is 115 cm³/mol. The van der Waals surface area contributed by atoms with Crippen molar-refractivity contribution in [1.82, 2.24) is 15.8 Å². The van der Waals surface area contributed by atoms with Gasteiger partial charge in [0.15, 0.2) is 5.78 Å². The van der Waals surface area contributed by atoms with Crippen molar-refractivity contribution in [2.75, 3.05) is 6.54 Å². The summed E-state index contributed by atoms with van der Waals surface area (Å²) >= 11 is 3.40. The second kappa shape index (κ2) is 8.73. The van der Waals surface area contributed by atoms with Crippen LogP contribution in [-0.2, 0) is 4.79 Å². The lowest BCUT2D eigenvalue weighted by molar-refractivity contribution is -0.119. The number of aromatic nitrogens is 1. The molecular weight excluding hydrogens is 450 g/mol. The predicted octanol–water partition coefficient (Wildman–Crippen LogP) is 3.12. The molecule has 1 unspecified atom stereocenters. The van der Waals surface area contributed by atoms with E-state index in [0.29, 0.717) is 35.7 Å². The van der Waals surface area contributed by atoms with Crippen molar-refractivity contribution in [2.45, 2.75) is 44.8 Å². The van der Waals surface area contributed by atoms with Crippen LogP contribution in [0.3, 0.4) is 0 Å². The molecule has 1 aromatic heterocycles. The van der Waals surface area contributed by atoms with Crippen molar-refractivity contribution >= 4 is 27.6 Å². The fourth-order valence-corrected chi connectivity index (χ4v) is 4.31. The van der Waals surface area contributed by atoms with Gasteiger partial charge in [0.2, 0.25) is 0 Å². The molecule has 7 nitrogen and oxygen atoms in total. The van der Waals surface area contributed by atoms with Gasteiger partial charge in [-0.05, 0) is 38.0 Å². The monoisotopic (exact) mass is 473 g/mol. The average Bonchev–Trinajstić information content (AvgIpc) is 3.37. The molecule has 158 valence electrons. The minimum Gasteiger partial charge on any atom is -0.391 e. The standard InChI is InChI=1S/C22H24BrN3O4/c1-12-19(20(26-30-12)13-6-8-15(23)9-7-13)21(28)14-10-17(24-11-14)22(29)25-16-4-2-3-5-18(16)27/h6-10,14,16,18,24,27H,2-5,11H2,1H3,(H,25,29)/t14?,16-,18-/m0/s1. The topological polar surface area (TPSA) is 104 Å². The number of carbonyl (C=O) groups is 2. The van der Waals surface area contributed by atoms with Gasteiger partial charge in [-0.25, -0.2) is 0 Å². The van der Waals surface area contributed by atoms with E-state index in [9.17, 15) is 14.7 Å². The van der Waals surface area contributed by atoms with Crippen LogP contribution >= 0.6 is 15.9 Å². The average molecular weight is 474 g/mol. The van der Waals surface area contributed by atoms with Gasteiger partial charge in [0.05, 0.1) is 29.3 Å². The molecule has 1 amide bonds. The number of aryl methyl sites for hydroxylation is 1. The summed E-state index contributed by atoms with van der Waals surface area (Å²) in [5, 5.41) is 20.1. The lowest BCUT2D eigenvalue weighted by Gasteiger charge is -2.28. The van der Waals surface area contributed by atoms with Gasteiger partial charge in [0.1, 0.15) is 11.5 Å². The third kappa shape index (κ3) is 4.20. The van der Waals surface area contributed by atoms with Gasteiger partial charge < -0.3 is 20.3 Å². The molecule has 1 aliphatic carbocycles. The van der Waals surface area contributed by atoms with Crippen molar-refractivity contribution in [2.24, 2.45) is 5.92 Å². The third-order valence-corrected chi connectivity index (χ3v) is 6.26. The molecule has 1 aromatic carbocycles. The number of Topliss-reactive ketones (excluding diaryl/α,β-unsaturated/α-hetero) is 1. The third-order valence-electron chi connectivity index (χ3n) is 5.73. The van der Waals surface area contributed by atoms with E-state index in [1.165, 1.54) is 0 Å². The highest BCUT2D eigenvalue weighted by Crippen LogP contribution is 2.30. The Balaban J connectivity index is 1.51. The summed E-state index contributed by atoms with van der Waals surface area (Å²) in [4.78, 5) is 25.8. The van der Waals surface area contributed by atoms with Crippen LogP contribution in [0, 0.1) is 12.8 Å². The molecule has 0 radical (unpaired) electrons. The highest BCUT2D eigenvalue weighted by Gasteiger charge is 2.32. The van der Waals surface area contributed by atoms with Gasteiger partial charge in [-0.15, -0.1) is 0 Å². The maximum atomic E-state index is 13.2. The summed E-state index contributed by atoms with van der Waals surface area (Å²) < 4.78 is 6.25. The Kier molecular flexibility index (Phi) is 6.06. The zero-order valence-corrected chi connectivity index (χ0v) is 18.2. The van der Waals surface area contributed by atoms with E-state index in [-0.39, 0.29) is 17.7 Å². The first kappa shape index (κ1) is 20.8. The van der Waals surface area contributed by atoms with Crippen LogP contribution in [0.15, 0.2) is 45.0 Å². The summed E-state index contributed by atoms with van der Waals surface area (Å²) in [5.41, 5.74) is 2.09. The lowest BCUT2D eigenvalue weighted by Crippen LogP contribution is -2.46. The number of carbonyl (C=O) groups excluding carboxylic acids is 2. The first-order valence-electron chi connectivity index (χ1n) is 10.1. The zero-order chi connectivity index (χ0) is 21.3. The normalized spacial score (nSPS) is 23.6. The van der Waals surface area contributed by atoms with E-state index in [0.717, 1.165) is 29.3 Å². The van der Waals surface area contributed by atoms with Gasteiger partial charge >= 0.3 is 0 Å². The Bertz CT molecular complexity index is 983. The van der Waals surface area contributed by atoms with Gasteiger partial charge in [0.25, 0.3) is 5.91 Å². The van der Waals surface area contributed by atoms with Crippen LogP contribution in [0.1, 0.15) is 41.8 Å². The van der Waals surface area contributed by atoms with Crippen molar-refractivity contribution in [3.8, 4) is 11.3 Å². The van der Waals surface area contributed by atoms with Crippen LogP contribution in [0.25, 0.3) is 11.3 Å². The van der Waals surface area contributed by atoms with E-state index >= 15 is 0 Å². The molecule has 3 atom stereocenters. The van der Waals surface area contributed by atoms with E-state index < -0.39 is 12.0 Å². The minimum atomic E-state index is -0.518. The van der Waals surface area contributed by atoms with E-state index in [2.05, 4.69) is 31.7 Å². The van der Waals surface area contributed by atoms with E-state index in [1.54, 1.807) is 13.0 Å². The number of ketones is 1. The number of hydrogen-bond acceptors (Lipinski definition) is 6. The molecule has 1 fully saturated rings. The smallest absolute Gasteiger partial charge is 0.267 e. The second-order valence-corrected chi connectivity index (χ2v) is 8.75. The summed E-state index contributed by atoms with van der Waals surface area (Å²) in [5.74, 6) is -0.463. The Morgan fingerprint density at radius 2 is 1.97 bits per heavy atom. The molecule has 2 heterocycles. The quantitative estimate of drug-likeness (QED) is 0.576. The number of amides is 1. The fraction of sp³-hybridized carbons (Fsp3) is 0.409. The van der Waals surface area contributed by atoms with Gasteiger partial charge in [-0.3, -0.25) is 9.59 Å². The number of nitrogens with one attached hydrogen (secondary N) is 2. The highest BCUT2D eigenvalue weighted by molar-refractivity contribution is 9.10. The molecule has 8 heteroatoms. The Labute approximate surface area is 183 Å². The number of aliphatic hydroxyl groups excluding tert-OH is 1. The molecule has 0 bridgehead atoms. The number of aliphatic hydroxyl groups is 1. The fourth-order valence-electron chi connectivity index (χ4n) is 4.04. The molecule has 4 rings (SSSR count). The van der Waals surface area contributed by atoms with Crippen LogP contribution < -0.4 is 10.6 Å². The molecule has 2 aliphatic rings. The molecule has 0 spiro atoms. The SMILES string of the molecule is Cc1onc(-c2ccc(Br)cc2)c1C(=O)C1C=C(C(=O)N[C@H]2CCCC[C@@H]2O)NC1. The van der Waals surface area contributed by atoms with Crippen molar-refractivity contribution in [3.63, 3.8) is 0 Å². The Hall–Kier alpha value is -2.45. The zero-order valence-electron chi connectivity index (χ0n) is 16.7. The van der Waals surface area contributed by atoms with Crippen molar-refractivity contribution < 1.29 is 19.2 Å². The minimum absolute atomic E-state index is 0.139. The molecular formula is C22H24BrN3O4. The molecule has 3 N–H and O–H groups in total. The first-order valence-corrected chi connectivity index (χ1v) is 10.9. The summed E-state index contributed by atoms with van der Waals surface area (Å²) in [6.07, 6.45) is 4.56. The van der Waals surface area contributed by atoms with Gasteiger partial charge in [0, 0.05) is 16.6 Å². The van der Waals surface area contributed by atoms with Gasteiger partial charge in [-0.2, -0.15) is 0 Å². The van der Waals surface area contributed by atoms with Crippen LogP contribution in [-0.4, -0.2) is 40.6 Å². The summed E-state index contributed by atoms with van der Waals surface area (Å²) in [6.45, 7) is 2.05. The number of benzene rings is 1. The summed E-state index contributed by atoms with van der Waals surface area (Å²) in [6, 6.07) is 7.26. The number of rotatable bonds is 5. The Morgan fingerprint density at radius 3 is 2.70 bits per heavy atom. The molecule has 1 saturated carbocycles. The van der Waals surface area contributed by atoms with Crippen LogP contribution in [0.5, 0.6) is 0 Å². The molecule has 1 aliphatic heterocycles. The maximum Gasteiger partial charge on any atom is 0.267 e. The first-order chi connectivity index (χ1) is 14.4. The number of halogens is 1. The van der Waals surface area contributed by atoms with E-state index in [4.69, 9.17) is 4.52 Å². The largest absolute Gasteiger partial charge is 0.391 e. The second-order valence-electron chi connectivity index (χ2n) is 7.83. The molecule has 30 heavy (non-hydrogen) atoms. The van der Waals surface area contributed by atoms with Gasteiger partial charge in [-0.1, -0.05) is 46.1 Å². The molecule has 0 saturated heterocycles. The number of nitrogens with zero attached hydrogens (tertiary/aromatic N) is 1. The Morgan fingerprint density at radius 1 is 1.23 bits per heavy atom. The van der Waals surface area contributed by atoms with Crippen molar-refractivity contribution in [1.29, 1.82) is 0 Å². The summed E-state index contributed by atoms with van der Waals surface area (Å²) in [7, 11) is 0. The lowest BCUT2D eigenvalue weighted by atomic mass is 9.92. The van der Waals surface area contributed by atoms with E-state index in [1.807, 2.05) is 24.3 Å². The van der Waals surface area contributed by atoms with Crippen LogP contribution in [0.2, 0.25) is 0 Å². The number of hydrogen-bond donors (Lipinski definition) is 3. The molecule has 2 aromatic rings. The highest BCUT2D eigenvalue weighted by atomic mass is 79.9.